The summed E-state index contributed by atoms with van der Waals surface area (Å²) >= 11 is 0. The first-order valence-corrected chi connectivity index (χ1v) is 11.4. The van der Waals surface area contributed by atoms with Crippen LogP contribution in [-0.4, -0.2) is 53.7 Å². The molecule has 1 atom stereocenters. The number of nitrogens with zero attached hydrogens (tertiary/aromatic N) is 4. The van der Waals surface area contributed by atoms with Gasteiger partial charge in [-0.3, -0.25) is 0 Å². The van der Waals surface area contributed by atoms with Crippen molar-refractivity contribution in [3.63, 3.8) is 0 Å². The van der Waals surface area contributed by atoms with Gasteiger partial charge in [0.15, 0.2) is 0 Å². The minimum atomic E-state index is -0.0253. The summed E-state index contributed by atoms with van der Waals surface area (Å²) in [6, 6.07) is 17.9. The van der Waals surface area contributed by atoms with Crippen LogP contribution in [0.1, 0.15) is 31.0 Å². The number of aliphatic imine (C=N–C) groups is 1. The van der Waals surface area contributed by atoms with E-state index in [0.717, 1.165) is 59.4 Å². The van der Waals surface area contributed by atoms with Crippen molar-refractivity contribution in [2.75, 3.05) is 31.2 Å². The maximum atomic E-state index is 6.13. The van der Waals surface area contributed by atoms with Crippen molar-refractivity contribution in [2.45, 2.75) is 31.5 Å². The van der Waals surface area contributed by atoms with E-state index in [-0.39, 0.29) is 11.7 Å². The Morgan fingerprint density at radius 2 is 1.94 bits per heavy atom. The highest BCUT2D eigenvalue weighted by molar-refractivity contribution is 6.21. The summed E-state index contributed by atoms with van der Waals surface area (Å²) in [6.45, 7) is 4.77. The molecule has 3 aliphatic rings. The lowest BCUT2D eigenvalue weighted by molar-refractivity contribution is 0.0100. The van der Waals surface area contributed by atoms with Gasteiger partial charge in [0, 0.05) is 24.7 Å². The molecule has 0 spiro atoms. The Bertz CT molecular complexity index is 1190. The van der Waals surface area contributed by atoms with Crippen molar-refractivity contribution in [2.24, 2.45) is 4.99 Å². The molecule has 2 aromatic carbocycles. The zero-order chi connectivity index (χ0) is 22.3. The number of para-hydroxylation sites is 1. The molecular weight excluding hydrogens is 416 g/mol. The molecule has 6 rings (SSSR count). The molecule has 1 saturated carbocycles. The number of aromatic nitrogens is 2. The molecule has 1 aliphatic carbocycles. The van der Waals surface area contributed by atoms with Crippen LogP contribution in [-0.2, 0) is 4.74 Å². The third kappa shape index (κ3) is 4.28. The Hall–Kier alpha value is -3.45. The molecule has 3 aromatic rings. The van der Waals surface area contributed by atoms with Crippen molar-refractivity contribution >= 4 is 17.2 Å². The molecule has 2 aliphatic heterocycles. The Morgan fingerprint density at radius 3 is 2.79 bits per heavy atom. The van der Waals surface area contributed by atoms with Gasteiger partial charge in [-0.05, 0) is 50.1 Å². The average Bonchev–Trinajstić information content (AvgIpc) is 3.57. The monoisotopic (exact) mass is 442 g/mol. The minimum absolute atomic E-state index is 0.00548. The van der Waals surface area contributed by atoms with Crippen LogP contribution in [0, 0.1) is 0 Å². The molecule has 1 saturated heterocycles. The maximum Gasteiger partial charge on any atom is 0.132 e. The van der Waals surface area contributed by atoms with Crippen LogP contribution >= 0.6 is 0 Å². The highest BCUT2D eigenvalue weighted by Gasteiger charge is 2.40. The number of anilines is 1. The van der Waals surface area contributed by atoms with Gasteiger partial charge in [-0.2, -0.15) is 0 Å². The van der Waals surface area contributed by atoms with E-state index < -0.39 is 0 Å². The first kappa shape index (κ1) is 20.2. The Kier molecular flexibility index (Phi) is 4.99. The van der Waals surface area contributed by atoms with E-state index in [9.17, 15) is 0 Å². The second-order valence-corrected chi connectivity index (χ2v) is 9.02. The normalized spacial score (nSPS) is 20.3. The molecule has 7 heteroatoms. The third-order valence-corrected chi connectivity index (χ3v) is 6.31. The molecule has 0 N–H and O–H groups in total. The van der Waals surface area contributed by atoms with E-state index in [2.05, 4.69) is 32.9 Å². The van der Waals surface area contributed by atoms with Crippen molar-refractivity contribution in [3.05, 3.63) is 72.2 Å². The number of benzene rings is 2. The minimum Gasteiger partial charge on any atom is -0.491 e. The molecule has 168 valence electrons. The summed E-state index contributed by atoms with van der Waals surface area (Å²) in [5.74, 6) is 2.62. The van der Waals surface area contributed by atoms with Crippen molar-refractivity contribution < 1.29 is 14.2 Å². The van der Waals surface area contributed by atoms with Crippen LogP contribution in [0.5, 0.6) is 11.5 Å². The van der Waals surface area contributed by atoms with Crippen LogP contribution < -0.4 is 14.4 Å². The zero-order valence-corrected chi connectivity index (χ0v) is 18.6. The molecule has 2 fully saturated rings. The van der Waals surface area contributed by atoms with E-state index in [1.807, 2.05) is 48.5 Å². The maximum absolute atomic E-state index is 6.13. The number of hydrogen-bond donors (Lipinski definition) is 0. The number of fused-ring (bicyclic) bond motifs is 1. The average molecular weight is 443 g/mol. The highest BCUT2D eigenvalue weighted by Crippen LogP contribution is 2.42. The SMILES string of the molecule is CC1(Oc2ccc3c(c2)C(c2cc(N4CCOC(COc5ccccc5)C4)ncn2)=N3)CC1. The Morgan fingerprint density at radius 1 is 1.06 bits per heavy atom. The Labute approximate surface area is 193 Å². The number of rotatable bonds is 7. The summed E-state index contributed by atoms with van der Waals surface area (Å²) in [5, 5.41) is 0. The molecule has 1 unspecified atom stereocenters. The van der Waals surface area contributed by atoms with Crippen molar-refractivity contribution in [1.29, 1.82) is 0 Å². The summed E-state index contributed by atoms with van der Waals surface area (Å²) in [5.41, 5.74) is 3.76. The molecule has 33 heavy (non-hydrogen) atoms. The molecular formula is C26H26N4O3. The third-order valence-electron chi connectivity index (χ3n) is 6.31. The molecule has 3 heterocycles. The van der Waals surface area contributed by atoms with Crippen LogP contribution in [0.15, 0.2) is 65.9 Å². The summed E-state index contributed by atoms with van der Waals surface area (Å²) in [6.07, 6.45) is 3.80. The second-order valence-electron chi connectivity index (χ2n) is 9.02. The smallest absolute Gasteiger partial charge is 0.132 e. The predicted molar refractivity (Wildman–Crippen MR) is 126 cm³/mol. The van der Waals surface area contributed by atoms with Gasteiger partial charge in [0.1, 0.15) is 42.0 Å². The van der Waals surface area contributed by atoms with Gasteiger partial charge in [-0.15, -0.1) is 0 Å². The summed E-state index contributed by atoms with van der Waals surface area (Å²) in [4.78, 5) is 15.9. The van der Waals surface area contributed by atoms with Gasteiger partial charge < -0.3 is 19.1 Å². The van der Waals surface area contributed by atoms with Crippen LogP contribution in [0.25, 0.3) is 0 Å². The van der Waals surface area contributed by atoms with E-state index in [0.29, 0.717) is 19.8 Å². The predicted octanol–water partition coefficient (Wildman–Crippen LogP) is 4.17. The largest absolute Gasteiger partial charge is 0.491 e. The van der Waals surface area contributed by atoms with Crippen molar-refractivity contribution in [1.82, 2.24) is 9.97 Å². The van der Waals surface area contributed by atoms with Gasteiger partial charge in [0.05, 0.1) is 23.7 Å². The van der Waals surface area contributed by atoms with Gasteiger partial charge in [0.25, 0.3) is 0 Å². The van der Waals surface area contributed by atoms with Gasteiger partial charge in [-0.25, -0.2) is 15.0 Å². The van der Waals surface area contributed by atoms with Gasteiger partial charge in [0.2, 0.25) is 0 Å². The fraction of sp³-hybridized carbons (Fsp3) is 0.346. The first-order valence-electron chi connectivity index (χ1n) is 11.4. The topological polar surface area (TPSA) is 69.1 Å². The van der Waals surface area contributed by atoms with E-state index in [4.69, 9.17) is 14.2 Å². The van der Waals surface area contributed by atoms with Gasteiger partial charge in [-0.1, -0.05) is 18.2 Å². The number of hydrogen-bond acceptors (Lipinski definition) is 7. The van der Waals surface area contributed by atoms with Crippen LogP contribution in [0.4, 0.5) is 11.5 Å². The van der Waals surface area contributed by atoms with Gasteiger partial charge >= 0.3 is 0 Å². The fourth-order valence-corrected chi connectivity index (χ4v) is 4.14. The summed E-state index contributed by atoms with van der Waals surface area (Å²) < 4.78 is 17.9. The lowest BCUT2D eigenvalue weighted by Gasteiger charge is -2.33. The number of morpholine rings is 1. The van der Waals surface area contributed by atoms with Crippen LogP contribution in [0.3, 0.4) is 0 Å². The van der Waals surface area contributed by atoms with Crippen molar-refractivity contribution in [3.8, 4) is 11.5 Å². The van der Waals surface area contributed by atoms with Crippen LogP contribution in [0.2, 0.25) is 0 Å². The second kappa shape index (κ2) is 8.15. The molecule has 0 amide bonds. The standard InChI is InChI=1S/C26H26N4O3/c1-26(9-10-26)33-19-7-8-22-21(13-19)25(29-22)23-14-24(28-17-27-23)30-11-12-31-20(15-30)16-32-18-5-3-2-4-6-18/h2-8,13-14,17,20H,9-12,15-16H2,1H3. The molecule has 7 nitrogen and oxygen atoms in total. The lowest BCUT2D eigenvalue weighted by atomic mass is 9.98. The fourth-order valence-electron chi connectivity index (χ4n) is 4.14. The van der Waals surface area contributed by atoms with E-state index in [1.54, 1.807) is 6.33 Å². The molecule has 0 bridgehead atoms. The highest BCUT2D eigenvalue weighted by atomic mass is 16.5. The molecule has 1 aromatic heterocycles. The quantitative estimate of drug-likeness (QED) is 0.428. The van der Waals surface area contributed by atoms with E-state index >= 15 is 0 Å². The summed E-state index contributed by atoms with van der Waals surface area (Å²) in [7, 11) is 0. The molecule has 0 radical (unpaired) electrons. The Balaban J connectivity index is 1.14. The van der Waals surface area contributed by atoms with E-state index in [1.165, 1.54) is 0 Å². The lowest BCUT2D eigenvalue weighted by Crippen LogP contribution is -2.45. The number of ether oxygens (including phenoxy) is 3. The first-order chi connectivity index (χ1) is 16.2. The zero-order valence-electron chi connectivity index (χ0n) is 18.6.